The first-order valence-electron chi connectivity index (χ1n) is 11.0. The molecule has 8 heteroatoms. The van der Waals surface area contributed by atoms with Crippen LogP contribution in [0.25, 0.3) is 21.9 Å². The molecule has 0 spiro atoms. The van der Waals surface area contributed by atoms with E-state index in [1.54, 1.807) is 12.1 Å². The molecule has 2 heterocycles. The van der Waals surface area contributed by atoms with Gasteiger partial charge in [0, 0.05) is 35.6 Å². The van der Waals surface area contributed by atoms with Crippen LogP contribution in [0.3, 0.4) is 0 Å². The van der Waals surface area contributed by atoms with Crippen LogP contribution in [0.15, 0.2) is 70.0 Å². The number of hydrogen-bond acceptors (Lipinski definition) is 4. The summed E-state index contributed by atoms with van der Waals surface area (Å²) in [6, 6.07) is 17.4. The average Bonchev–Trinajstić information content (AvgIpc) is 2.96. The number of halogens is 1. The molecule has 0 saturated carbocycles. The van der Waals surface area contributed by atoms with Crippen LogP contribution in [0.2, 0.25) is 5.02 Å². The van der Waals surface area contributed by atoms with E-state index >= 15 is 0 Å². The lowest BCUT2D eigenvalue weighted by molar-refractivity contribution is 0.102. The van der Waals surface area contributed by atoms with E-state index in [1.165, 1.54) is 22.5 Å². The number of benzene rings is 3. The molecule has 1 saturated heterocycles. The molecule has 1 fully saturated rings. The van der Waals surface area contributed by atoms with Gasteiger partial charge in [-0.25, -0.2) is 8.42 Å². The first-order valence-corrected chi connectivity index (χ1v) is 12.8. The molecule has 1 aliphatic rings. The lowest BCUT2D eigenvalue weighted by Gasteiger charge is -2.20. The number of nitrogens with one attached hydrogen (secondary N) is 1. The quantitative estimate of drug-likeness (QED) is 0.383. The monoisotopic (exact) mass is 482 g/mol. The maximum atomic E-state index is 13.2. The molecule has 0 aliphatic carbocycles. The standard InChI is InChI=1S/C25H23ClN2O4S/c26-22-12-10-18(33(30,31)28-13-5-1-2-6-14-28)16-21(22)25(29)27-17-9-11-20-19-7-3-4-8-23(19)32-24(20)15-17/h3-4,7-12,15-16H,1-2,5-6,13-14H2,(H,27,29). The van der Waals surface area contributed by atoms with E-state index in [4.69, 9.17) is 16.0 Å². The third-order valence-corrected chi connectivity index (χ3v) is 8.25. The van der Waals surface area contributed by atoms with Crippen molar-refractivity contribution in [3.63, 3.8) is 0 Å². The van der Waals surface area contributed by atoms with Gasteiger partial charge < -0.3 is 9.73 Å². The van der Waals surface area contributed by atoms with Gasteiger partial charge >= 0.3 is 0 Å². The smallest absolute Gasteiger partial charge is 0.257 e. The molecule has 33 heavy (non-hydrogen) atoms. The Kier molecular flexibility index (Phi) is 5.86. The Labute approximate surface area is 197 Å². The van der Waals surface area contributed by atoms with Crippen LogP contribution < -0.4 is 5.32 Å². The Morgan fingerprint density at radius 3 is 2.39 bits per heavy atom. The van der Waals surface area contributed by atoms with Gasteiger partial charge in [0.25, 0.3) is 5.91 Å². The van der Waals surface area contributed by atoms with Gasteiger partial charge in [0.2, 0.25) is 10.0 Å². The summed E-state index contributed by atoms with van der Waals surface area (Å²) in [5.41, 5.74) is 2.06. The molecule has 0 atom stereocenters. The largest absolute Gasteiger partial charge is 0.456 e. The molecular weight excluding hydrogens is 460 g/mol. The molecule has 3 aromatic carbocycles. The minimum absolute atomic E-state index is 0.0756. The zero-order chi connectivity index (χ0) is 23.0. The fourth-order valence-corrected chi connectivity index (χ4v) is 6.02. The Bertz CT molecular complexity index is 1450. The number of fused-ring (bicyclic) bond motifs is 3. The fraction of sp³-hybridized carbons (Fsp3) is 0.240. The van der Waals surface area contributed by atoms with Gasteiger partial charge in [0.1, 0.15) is 11.2 Å². The van der Waals surface area contributed by atoms with Crippen LogP contribution in [0.1, 0.15) is 36.0 Å². The number of para-hydroxylation sites is 1. The molecule has 1 aromatic heterocycles. The average molecular weight is 483 g/mol. The van der Waals surface area contributed by atoms with Crippen molar-refractivity contribution in [2.45, 2.75) is 30.6 Å². The van der Waals surface area contributed by atoms with Crippen molar-refractivity contribution < 1.29 is 17.6 Å². The summed E-state index contributed by atoms with van der Waals surface area (Å²) in [4.78, 5) is 13.1. The van der Waals surface area contributed by atoms with Gasteiger partial charge in [-0.05, 0) is 49.2 Å². The van der Waals surface area contributed by atoms with Crippen molar-refractivity contribution >= 4 is 55.2 Å². The molecule has 4 aromatic rings. The Hall–Kier alpha value is -2.87. The van der Waals surface area contributed by atoms with E-state index in [9.17, 15) is 13.2 Å². The van der Waals surface area contributed by atoms with Gasteiger partial charge in [-0.15, -0.1) is 0 Å². The SMILES string of the molecule is O=C(Nc1ccc2c(c1)oc1ccccc12)c1cc(S(=O)(=O)N2CCCCCC2)ccc1Cl. The summed E-state index contributed by atoms with van der Waals surface area (Å²) in [5, 5.41) is 4.95. The maximum Gasteiger partial charge on any atom is 0.257 e. The molecule has 0 unspecified atom stereocenters. The van der Waals surface area contributed by atoms with Crippen molar-refractivity contribution in [2.75, 3.05) is 18.4 Å². The zero-order valence-electron chi connectivity index (χ0n) is 17.9. The minimum Gasteiger partial charge on any atom is -0.456 e. The molecule has 1 amide bonds. The summed E-state index contributed by atoms with van der Waals surface area (Å²) in [6.07, 6.45) is 3.72. The molecule has 1 aliphatic heterocycles. The second-order valence-corrected chi connectivity index (χ2v) is 10.6. The molecular formula is C25H23ClN2O4S. The summed E-state index contributed by atoms with van der Waals surface area (Å²) < 4.78 is 33.7. The van der Waals surface area contributed by atoms with Crippen LogP contribution in [0.4, 0.5) is 5.69 Å². The number of sulfonamides is 1. The van der Waals surface area contributed by atoms with Gasteiger partial charge in [0.05, 0.1) is 15.5 Å². The van der Waals surface area contributed by atoms with Crippen LogP contribution in [-0.2, 0) is 10.0 Å². The van der Waals surface area contributed by atoms with Crippen molar-refractivity contribution in [1.82, 2.24) is 4.31 Å². The number of carbonyl (C=O) groups excluding carboxylic acids is 1. The number of nitrogens with zero attached hydrogens (tertiary/aromatic N) is 1. The third-order valence-electron chi connectivity index (χ3n) is 6.02. The number of hydrogen-bond donors (Lipinski definition) is 1. The second-order valence-electron chi connectivity index (χ2n) is 8.22. The number of furan rings is 1. The predicted molar refractivity (Wildman–Crippen MR) is 130 cm³/mol. The highest BCUT2D eigenvalue weighted by Crippen LogP contribution is 2.31. The number of amides is 1. The van der Waals surface area contributed by atoms with Crippen LogP contribution in [0.5, 0.6) is 0 Å². The highest BCUT2D eigenvalue weighted by molar-refractivity contribution is 7.89. The van der Waals surface area contributed by atoms with E-state index in [1.807, 2.05) is 30.3 Å². The summed E-state index contributed by atoms with van der Waals surface area (Å²) in [6.45, 7) is 0.980. The van der Waals surface area contributed by atoms with Gasteiger partial charge in [-0.3, -0.25) is 4.79 Å². The summed E-state index contributed by atoms with van der Waals surface area (Å²) >= 11 is 6.28. The fourth-order valence-electron chi connectivity index (χ4n) is 4.27. The first kappa shape index (κ1) is 21.9. The highest BCUT2D eigenvalue weighted by atomic mass is 35.5. The Morgan fingerprint density at radius 1 is 0.879 bits per heavy atom. The van der Waals surface area contributed by atoms with Gasteiger partial charge in [0.15, 0.2) is 0 Å². The summed E-state index contributed by atoms with van der Waals surface area (Å²) in [7, 11) is -3.69. The first-order chi connectivity index (χ1) is 15.9. The third kappa shape index (κ3) is 4.24. The van der Waals surface area contributed by atoms with Crippen molar-refractivity contribution in [1.29, 1.82) is 0 Å². The van der Waals surface area contributed by atoms with Crippen LogP contribution in [0, 0.1) is 0 Å². The lowest BCUT2D eigenvalue weighted by atomic mass is 10.1. The van der Waals surface area contributed by atoms with Crippen LogP contribution in [-0.4, -0.2) is 31.7 Å². The topological polar surface area (TPSA) is 79.6 Å². The zero-order valence-corrected chi connectivity index (χ0v) is 19.5. The maximum absolute atomic E-state index is 13.2. The number of carbonyl (C=O) groups is 1. The van der Waals surface area contributed by atoms with Crippen molar-refractivity contribution in [2.24, 2.45) is 0 Å². The van der Waals surface area contributed by atoms with E-state index in [0.717, 1.165) is 42.0 Å². The summed E-state index contributed by atoms with van der Waals surface area (Å²) in [5.74, 6) is -0.483. The second kappa shape index (κ2) is 8.82. The number of anilines is 1. The van der Waals surface area contributed by atoms with Crippen molar-refractivity contribution in [3.8, 4) is 0 Å². The van der Waals surface area contributed by atoms with Crippen molar-refractivity contribution in [3.05, 3.63) is 71.2 Å². The molecule has 0 radical (unpaired) electrons. The Balaban J connectivity index is 1.43. The van der Waals surface area contributed by atoms with Gasteiger partial charge in [-0.2, -0.15) is 4.31 Å². The highest BCUT2D eigenvalue weighted by Gasteiger charge is 2.26. The molecule has 170 valence electrons. The lowest BCUT2D eigenvalue weighted by Crippen LogP contribution is -2.32. The van der Waals surface area contributed by atoms with E-state index in [2.05, 4.69) is 5.32 Å². The Morgan fingerprint density at radius 2 is 1.61 bits per heavy atom. The predicted octanol–water partition coefficient (Wildman–Crippen LogP) is 6.06. The van der Waals surface area contributed by atoms with Gasteiger partial charge in [-0.1, -0.05) is 42.6 Å². The van der Waals surface area contributed by atoms with E-state index < -0.39 is 15.9 Å². The van der Waals surface area contributed by atoms with E-state index in [0.29, 0.717) is 24.4 Å². The molecule has 6 nitrogen and oxygen atoms in total. The molecule has 0 bridgehead atoms. The molecule has 5 rings (SSSR count). The normalized spacial score (nSPS) is 15.5. The molecule has 1 N–H and O–H groups in total. The van der Waals surface area contributed by atoms with E-state index in [-0.39, 0.29) is 15.5 Å². The number of rotatable bonds is 4. The minimum atomic E-state index is -3.69. The van der Waals surface area contributed by atoms with Crippen LogP contribution >= 0.6 is 11.6 Å².